The van der Waals surface area contributed by atoms with Crippen molar-refractivity contribution in [3.63, 3.8) is 0 Å². The van der Waals surface area contributed by atoms with Crippen LogP contribution in [-0.4, -0.2) is 22.3 Å². The molecule has 0 heterocycles. The van der Waals surface area contributed by atoms with E-state index < -0.39 is 34.7 Å². The summed E-state index contributed by atoms with van der Waals surface area (Å²) in [7, 11) is 0. The monoisotopic (exact) mass is 268 g/mol. The first-order valence-electron chi connectivity index (χ1n) is 3.67. The largest absolute Gasteiger partial charge is 0.382 e. The van der Waals surface area contributed by atoms with E-state index in [1.54, 1.807) is 0 Å². The van der Waals surface area contributed by atoms with E-state index in [1.165, 1.54) is 0 Å². The number of halogens is 6. The average Bonchev–Trinajstić information content (AvgIpc) is 2.01. The quantitative estimate of drug-likeness (QED) is 0.568. The van der Waals surface area contributed by atoms with Crippen molar-refractivity contribution in [2.75, 3.05) is 0 Å². The summed E-state index contributed by atoms with van der Waals surface area (Å²) in [4.78, 5) is 20.4. The molecular weight excluding hydrogens is 263 g/mol. The Balaban J connectivity index is 4.95. The lowest BCUT2D eigenvalue weighted by Crippen LogP contribution is -2.49. The Bertz CT molecular complexity index is 280. The van der Waals surface area contributed by atoms with E-state index in [2.05, 4.69) is 11.6 Å². The van der Waals surface area contributed by atoms with Crippen molar-refractivity contribution < 1.29 is 27.2 Å². The van der Waals surface area contributed by atoms with E-state index in [-0.39, 0.29) is 0 Å². The van der Waals surface area contributed by atoms with Gasteiger partial charge in [0.05, 0.1) is 0 Å². The van der Waals surface area contributed by atoms with Gasteiger partial charge in [0.25, 0.3) is 5.24 Å². The molecule has 0 fully saturated rings. The summed E-state index contributed by atoms with van der Waals surface area (Å²) in [6.07, 6.45) is -0.978. The Morgan fingerprint density at radius 2 is 1.60 bits per heavy atom. The Kier molecular flexibility index (Phi) is 4.54. The molecule has 8 heteroatoms. The second-order valence-electron chi connectivity index (χ2n) is 2.93. The Labute approximate surface area is 92.5 Å². The van der Waals surface area contributed by atoms with Crippen LogP contribution >= 0.6 is 23.2 Å². The summed E-state index contributed by atoms with van der Waals surface area (Å²) < 4.78 is 51.2. The molecule has 15 heavy (non-hydrogen) atoms. The fourth-order valence-corrected chi connectivity index (χ4v) is 1.17. The van der Waals surface area contributed by atoms with Crippen LogP contribution in [0.2, 0.25) is 0 Å². The lowest BCUT2D eigenvalue weighted by molar-refractivity contribution is -0.221. The van der Waals surface area contributed by atoms with Gasteiger partial charge in [-0.3, -0.25) is 9.59 Å². The second kappa shape index (κ2) is 4.65. The molecule has 0 aromatic carbocycles. The van der Waals surface area contributed by atoms with Crippen molar-refractivity contribution in [2.45, 2.75) is 25.2 Å². The van der Waals surface area contributed by atoms with Gasteiger partial charge in [-0.05, 0) is 23.2 Å². The molecule has 2 nitrogen and oxygen atoms in total. The van der Waals surface area contributed by atoms with Crippen LogP contribution in [0.15, 0.2) is 0 Å². The first-order valence-corrected chi connectivity index (χ1v) is 4.43. The Hall–Kier alpha value is -0.360. The highest BCUT2D eigenvalue weighted by Gasteiger charge is 2.63. The molecule has 0 aromatic rings. The van der Waals surface area contributed by atoms with Crippen LogP contribution in [0.1, 0.15) is 13.3 Å². The number of hydrogen-bond acceptors (Lipinski definition) is 2. The van der Waals surface area contributed by atoms with E-state index in [1.807, 2.05) is 0 Å². The third kappa shape index (κ3) is 3.04. The smallest absolute Gasteiger partial charge is 0.281 e. The van der Waals surface area contributed by atoms with Crippen molar-refractivity contribution >= 4 is 33.7 Å². The fourth-order valence-electron chi connectivity index (χ4n) is 0.809. The summed E-state index contributed by atoms with van der Waals surface area (Å²) in [5.41, 5.74) is 0. The van der Waals surface area contributed by atoms with Gasteiger partial charge < -0.3 is 0 Å². The number of carbonyl (C=O) groups is 2. The van der Waals surface area contributed by atoms with Crippen LogP contribution in [0.3, 0.4) is 0 Å². The predicted octanol–water partition coefficient (Wildman–Crippen LogP) is 2.81. The van der Waals surface area contributed by atoms with Gasteiger partial charge in [0, 0.05) is 12.3 Å². The molecule has 1 unspecified atom stereocenters. The number of rotatable bonds is 5. The molecule has 0 amide bonds. The van der Waals surface area contributed by atoms with Crippen molar-refractivity contribution in [1.29, 1.82) is 0 Å². The molecule has 0 aliphatic rings. The molecule has 0 saturated heterocycles. The van der Waals surface area contributed by atoms with Gasteiger partial charge in [-0.25, -0.2) is 0 Å². The fraction of sp³-hybridized carbons (Fsp3) is 0.714. The molecule has 88 valence electrons. The molecule has 0 aliphatic carbocycles. The highest BCUT2D eigenvalue weighted by Crippen LogP contribution is 2.42. The van der Waals surface area contributed by atoms with Crippen LogP contribution in [0.4, 0.5) is 17.6 Å². The van der Waals surface area contributed by atoms with Crippen LogP contribution in [-0.2, 0) is 9.59 Å². The molecule has 0 rings (SSSR count). The maximum Gasteiger partial charge on any atom is 0.382 e. The van der Waals surface area contributed by atoms with Crippen LogP contribution in [0.5, 0.6) is 0 Å². The van der Waals surface area contributed by atoms with E-state index in [0.717, 1.165) is 0 Å². The molecule has 0 saturated carbocycles. The minimum atomic E-state index is -5.01. The summed E-state index contributed by atoms with van der Waals surface area (Å²) in [5.74, 6) is -11.8. The summed E-state index contributed by atoms with van der Waals surface area (Å²) in [6, 6.07) is 0. The zero-order valence-corrected chi connectivity index (χ0v) is 8.88. The highest BCUT2D eigenvalue weighted by atomic mass is 35.5. The van der Waals surface area contributed by atoms with Gasteiger partial charge in [-0.1, -0.05) is 6.92 Å². The third-order valence-electron chi connectivity index (χ3n) is 1.75. The first kappa shape index (κ1) is 14.6. The standard InChI is InChI=1S/C7H6Cl2F4O2/c1-3(2-4(8)14)6(10,11)7(12,13)5(9)15/h3H,2H2,1H3. The topological polar surface area (TPSA) is 34.1 Å². The van der Waals surface area contributed by atoms with Crippen LogP contribution in [0.25, 0.3) is 0 Å². The minimum absolute atomic E-state index is 0.675. The Morgan fingerprint density at radius 3 is 1.87 bits per heavy atom. The molecule has 0 bridgehead atoms. The molecular formula is C7H6Cl2F4O2. The zero-order chi connectivity index (χ0) is 12.4. The predicted molar refractivity (Wildman–Crippen MR) is 45.4 cm³/mol. The first-order chi connectivity index (χ1) is 6.53. The van der Waals surface area contributed by atoms with E-state index >= 15 is 0 Å². The summed E-state index contributed by atoms with van der Waals surface area (Å²) >= 11 is 9.12. The highest BCUT2D eigenvalue weighted by molar-refractivity contribution is 6.65. The number of carbonyl (C=O) groups excluding carboxylic acids is 2. The number of alkyl halides is 4. The molecule has 0 N–H and O–H groups in total. The minimum Gasteiger partial charge on any atom is -0.281 e. The van der Waals surface area contributed by atoms with E-state index in [4.69, 9.17) is 11.6 Å². The van der Waals surface area contributed by atoms with Crippen molar-refractivity contribution in [1.82, 2.24) is 0 Å². The van der Waals surface area contributed by atoms with Gasteiger partial charge in [0.15, 0.2) is 0 Å². The maximum absolute atomic E-state index is 12.9. The molecule has 0 radical (unpaired) electrons. The molecule has 0 spiro atoms. The van der Waals surface area contributed by atoms with Crippen molar-refractivity contribution in [3.8, 4) is 0 Å². The number of hydrogen-bond donors (Lipinski definition) is 0. The van der Waals surface area contributed by atoms with Crippen molar-refractivity contribution in [3.05, 3.63) is 0 Å². The summed E-state index contributed by atoms with van der Waals surface area (Å²) in [6.45, 7) is 0.675. The molecule has 0 aromatic heterocycles. The lowest BCUT2D eigenvalue weighted by atomic mass is 9.95. The van der Waals surface area contributed by atoms with Gasteiger partial charge in [0.1, 0.15) is 0 Å². The van der Waals surface area contributed by atoms with E-state index in [9.17, 15) is 27.2 Å². The summed E-state index contributed by atoms with van der Waals surface area (Å²) in [5, 5.41) is -3.67. The van der Waals surface area contributed by atoms with Crippen LogP contribution in [0, 0.1) is 5.92 Å². The van der Waals surface area contributed by atoms with E-state index in [0.29, 0.717) is 6.92 Å². The second-order valence-corrected chi connectivity index (χ2v) is 3.70. The average molecular weight is 269 g/mol. The van der Waals surface area contributed by atoms with Crippen LogP contribution < -0.4 is 0 Å². The Morgan fingerprint density at radius 1 is 1.20 bits per heavy atom. The molecule has 1 atom stereocenters. The zero-order valence-electron chi connectivity index (χ0n) is 7.37. The van der Waals surface area contributed by atoms with Gasteiger partial charge in [-0.2, -0.15) is 17.6 Å². The molecule has 0 aliphatic heterocycles. The van der Waals surface area contributed by atoms with Gasteiger partial charge >= 0.3 is 11.8 Å². The van der Waals surface area contributed by atoms with Gasteiger partial charge in [-0.15, -0.1) is 0 Å². The third-order valence-corrected chi connectivity index (χ3v) is 2.14. The normalized spacial score (nSPS) is 14.9. The SMILES string of the molecule is CC(CC(=O)Cl)C(F)(F)C(F)(F)C(=O)Cl. The lowest BCUT2D eigenvalue weighted by Gasteiger charge is -2.27. The van der Waals surface area contributed by atoms with Crippen molar-refractivity contribution in [2.24, 2.45) is 5.92 Å². The van der Waals surface area contributed by atoms with Gasteiger partial charge in [0.2, 0.25) is 5.24 Å². The maximum atomic E-state index is 12.9.